The van der Waals surface area contributed by atoms with Crippen LogP contribution in [0.5, 0.6) is 0 Å². The van der Waals surface area contributed by atoms with Crippen molar-refractivity contribution in [2.45, 2.75) is 46.6 Å². The molecule has 138 valence electrons. The SMILES string of the molecule is Cc1ccc(-c2nc(C)c(C(=O)N3C[C@H](C(N)=O)CC[C@@H]3C)s2)c(C)c1. The number of rotatable bonds is 3. The van der Waals surface area contributed by atoms with Crippen molar-refractivity contribution in [1.29, 1.82) is 0 Å². The van der Waals surface area contributed by atoms with Crippen LogP contribution in [0, 0.1) is 26.7 Å². The lowest BCUT2D eigenvalue weighted by Gasteiger charge is -2.36. The van der Waals surface area contributed by atoms with E-state index >= 15 is 0 Å². The molecule has 2 atom stereocenters. The molecule has 1 aromatic carbocycles. The van der Waals surface area contributed by atoms with Gasteiger partial charge in [0.05, 0.1) is 11.6 Å². The normalized spacial score (nSPS) is 20.2. The van der Waals surface area contributed by atoms with Crippen LogP contribution >= 0.6 is 11.3 Å². The van der Waals surface area contributed by atoms with E-state index in [0.29, 0.717) is 11.4 Å². The lowest BCUT2D eigenvalue weighted by atomic mass is 9.93. The summed E-state index contributed by atoms with van der Waals surface area (Å²) in [6.07, 6.45) is 1.54. The number of carbonyl (C=O) groups excluding carboxylic acids is 2. The Morgan fingerprint density at radius 1 is 1.23 bits per heavy atom. The maximum absolute atomic E-state index is 13.1. The van der Waals surface area contributed by atoms with Gasteiger partial charge in [0, 0.05) is 18.2 Å². The van der Waals surface area contributed by atoms with Gasteiger partial charge in [0.1, 0.15) is 9.88 Å². The van der Waals surface area contributed by atoms with E-state index in [4.69, 9.17) is 5.73 Å². The fourth-order valence-corrected chi connectivity index (χ4v) is 4.63. The van der Waals surface area contributed by atoms with Crippen molar-refractivity contribution < 1.29 is 9.59 Å². The van der Waals surface area contributed by atoms with Crippen LogP contribution in [-0.2, 0) is 4.79 Å². The highest BCUT2D eigenvalue weighted by atomic mass is 32.1. The largest absolute Gasteiger partial charge is 0.369 e. The molecule has 2 aromatic rings. The summed E-state index contributed by atoms with van der Waals surface area (Å²) < 4.78 is 0. The molecule has 2 N–H and O–H groups in total. The Kier molecular flexibility index (Phi) is 5.14. The molecule has 26 heavy (non-hydrogen) atoms. The zero-order valence-corrected chi connectivity index (χ0v) is 16.5. The third-order valence-corrected chi connectivity index (χ3v) is 6.33. The molecule has 6 heteroatoms. The maximum Gasteiger partial charge on any atom is 0.266 e. The van der Waals surface area contributed by atoms with Gasteiger partial charge in [-0.1, -0.05) is 23.8 Å². The van der Waals surface area contributed by atoms with Crippen LogP contribution in [0.3, 0.4) is 0 Å². The lowest BCUT2D eigenvalue weighted by Crippen LogP contribution is -2.48. The molecule has 5 nitrogen and oxygen atoms in total. The summed E-state index contributed by atoms with van der Waals surface area (Å²) in [7, 11) is 0. The van der Waals surface area contributed by atoms with Crippen LogP contribution in [0.25, 0.3) is 10.6 Å². The van der Waals surface area contributed by atoms with E-state index in [-0.39, 0.29) is 23.8 Å². The quantitative estimate of drug-likeness (QED) is 0.898. The zero-order valence-electron chi connectivity index (χ0n) is 15.7. The van der Waals surface area contributed by atoms with Crippen molar-refractivity contribution in [2.75, 3.05) is 6.54 Å². The molecule has 0 bridgehead atoms. The average molecular weight is 372 g/mol. The van der Waals surface area contributed by atoms with Gasteiger partial charge in [-0.3, -0.25) is 9.59 Å². The number of thiazole rings is 1. The van der Waals surface area contributed by atoms with E-state index in [1.165, 1.54) is 16.9 Å². The number of hydrogen-bond donors (Lipinski definition) is 1. The Morgan fingerprint density at radius 3 is 2.62 bits per heavy atom. The van der Waals surface area contributed by atoms with Gasteiger partial charge in [0.15, 0.2) is 0 Å². The van der Waals surface area contributed by atoms with Gasteiger partial charge < -0.3 is 10.6 Å². The number of aromatic nitrogens is 1. The summed E-state index contributed by atoms with van der Waals surface area (Å²) in [5, 5.41) is 0.861. The molecule has 0 saturated carbocycles. The monoisotopic (exact) mass is 371 g/mol. The number of carbonyl (C=O) groups is 2. The minimum atomic E-state index is -0.327. The molecule has 1 fully saturated rings. The predicted molar refractivity (Wildman–Crippen MR) is 104 cm³/mol. The van der Waals surface area contributed by atoms with Gasteiger partial charge in [0.25, 0.3) is 5.91 Å². The zero-order chi connectivity index (χ0) is 19.0. The van der Waals surface area contributed by atoms with Gasteiger partial charge in [-0.15, -0.1) is 11.3 Å². The van der Waals surface area contributed by atoms with Crippen LogP contribution in [0.15, 0.2) is 18.2 Å². The highest BCUT2D eigenvalue weighted by Crippen LogP contribution is 2.33. The summed E-state index contributed by atoms with van der Waals surface area (Å²) >= 11 is 1.43. The fourth-order valence-electron chi connectivity index (χ4n) is 3.52. The summed E-state index contributed by atoms with van der Waals surface area (Å²) in [4.78, 5) is 31.8. The summed E-state index contributed by atoms with van der Waals surface area (Å²) in [5.74, 6) is -0.636. The number of nitrogens with two attached hydrogens (primary N) is 1. The molecule has 1 aromatic heterocycles. The second kappa shape index (κ2) is 7.19. The molecule has 2 heterocycles. The molecule has 1 aliphatic rings. The number of amides is 2. The Morgan fingerprint density at radius 2 is 1.96 bits per heavy atom. The molecule has 0 unspecified atom stereocenters. The summed E-state index contributed by atoms with van der Waals surface area (Å²) in [6, 6.07) is 6.34. The molecule has 0 aliphatic carbocycles. The van der Waals surface area contributed by atoms with Crippen molar-refractivity contribution in [1.82, 2.24) is 9.88 Å². The van der Waals surface area contributed by atoms with Gasteiger partial charge in [-0.25, -0.2) is 4.98 Å². The highest BCUT2D eigenvalue weighted by Gasteiger charge is 2.33. The molecule has 3 rings (SSSR count). The number of aryl methyl sites for hydroxylation is 3. The van der Waals surface area contributed by atoms with Gasteiger partial charge in [-0.2, -0.15) is 0 Å². The molecular formula is C20H25N3O2S. The Hall–Kier alpha value is -2.21. The lowest BCUT2D eigenvalue weighted by molar-refractivity contribution is -0.123. The van der Waals surface area contributed by atoms with Crippen molar-refractivity contribution >= 4 is 23.2 Å². The van der Waals surface area contributed by atoms with Crippen LogP contribution in [0.1, 0.15) is 46.3 Å². The number of piperidine rings is 1. The summed E-state index contributed by atoms with van der Waals surface area (Å²) in [5.41, 5.74) is 9.62. The van der Waals surface area contributed by atoms with Crippen molar-refractivity contribution in [3.63, 3.8) is 0 Å². The summed E-state index contributed by atoms with van der Waals surface area (Å²) in [6.45, 7) is 8.41. The number of nitrogens with zero attached hydrogens (tertiary/aromatic N) is 2. The first-order chi connectivity index (χ1) is 12.3. The molecule has 1 saturated heterocycles. The molecule has 0 spiro atoms. The minimum Gasteiger partial charge on any atom is -0.369 e. The average Bonchev–Trinajstić information content (AvgIpc) is 2.96. The van der Waals surface area contributed by atoms with Crippen molar-refractivity contribution in [3.8, 4) is 10.6 Å². The molecular weight excluding hydrogens is 346 g/mol. The first kappa shape index (κ1) is 18.6. The third kappa shape index (κ3) is 3.51. The second-order valence-corrected chi connectivity index (χ2v) is 8.23. The Bertz CT molecular complexity index is 859. The molecule has 2 amide bonds. The van der Waals surface area contributed by atoms with Crippen LogP contribution in [-0.4, -0.2) is 34.3 Å². The van der Waals surface area contributed by atoms with Crippen LogP contribution in [0.4, 0.5) is 0 Å². The van der Waals surface area contributed by atoms with E-state index in [2.05, 4.69) is 37.0 Å². The first-order valence-electron chi connectivity index (χ1n) is 8.93. The Balaban J connectivity index is 1.90. The number of benzene rings is 1. The van der Waals surface area contributed by atoms with Crippen molar-refractivity contribution in [2.24, 2.45) is 11.7 Å². The fraction of sp³-hybridized carbons (Fsp3) is 0.450. The number of hydrogen-bond acceptors (Lipinski definition) is 4. The third-order valence-electron chi connectivity index (χ3n) is 5.15. The van der Waals surface area contributed by atoms with Crippen LogP contribution in [0.2, 0.25) is 0 Å². The maximum atomic E-state index is 13.1. The van der Waals surface area contributed by atoms with E-state index in [0.717, 1.165) is 34.7 Å². The number of likely N-dealkylation sites (tertiary alicyclic amines) is 1. The smallest absolute Gasteiger partial charge is 0.266 e. The van der Waals surface area contributed by atoms with Gasteiger partial charge in [0.2, 0.25) is 5.91 Å². The minimum absolute atomic E-state index is 0.0468. The van der Waals surface area contributed by atoms with Crippen LogP contribution < -0.4 is 5.73 Å². The first-order valence-corrected chi connectivity index (χ1v) is 9.75. The standard InChI is InChI=1S/C20H25N3O2S/c1-11-5-8-16(12(2)9-11)19-22-14(4)17(26-19)20(25)23-10-15(18(21)24)7-6-13(23)3/h5,8-9,13,15H,6-7,10H2,1-4H3,(H2,21,24)/t13-,15+/m0/s1. The predicted octanol–water partition coefficient (Wildman–Crippen LogP) is 3.46. The van der Waals surface area contributed by atoms with Gasteiger partial charge >= 0.3 is 0 Å². The topological polar surface area (TPSA) is 76.3 Å². The Labute approximate surface area is 158 Å². The molecule has 1 aliphatic heterocycles. The van der Waals surface area contributed by atoms with E-state index in [9.17, 15) is 9.59 Å². The van der Waals surface area contributed by atoms with E-state index in [1.807, 2.05) is 13.8 Å². The van der Waals surface area contributed by atoms with E-state index < -0.39 is 0 Å². The number of primary amides is 1. The molecule has 0 radical (unpaired) electrons. The van der Waals surface area contributed by atoms with Crippen molar-refractivity contribution in [3.05, 3.63) is 39.9 Å². The highest BCUT2D eigenvalue weighted by molar-refractivity contribution is 7.17. The second-order valence-electron chi connectivity index (χ2n) is 7.24. The van der Waals surface area contributed by atoms with E-state index in [1.54, 1.807) is 4.90 Å². The van der Waals surface area contributed by atoms with Gasteiger partial charge in [-0.05, 0) is 46.1 Å².